The molecule has 1 saturated heterocycles. The van der Waals surface area contributed by atoms with Crippen LogP contribution in [0.3, 0.4) is 0 Å². The van der Waals surface area contributed by atoms with Crippen molar-refractivity contribution < 1.29 is 0 Å². The van der Waals surface area contributed by atoms with Crippen LogP contribution in [0.25, 0.3) is 0 Å². The minimum atomic E-state index is 0.746. The Kier molecular flexibility index (Phi) is 1.80. The molecule has 0 saturated carbocycles. The molecule has 1 heterocycles. The van der Waals surface area contributed by atoms with Crippen LogP contribution >= 0.6 is 0 Å². The summed E-state index contributed by atoms with van der Waals surface area (Å²) in [6.45, 7) is 10.5. The van der Waals surface area contributed by atoms with Crippen molar-refractivity contribution in [2.24, 2.45) is 5.92 Å². The molecule has 0 aliphatic carbocycles. The van der Waals surface area contributed by atoms with Gasteiger partial charge in [0.2, 0.25) is 0 Å². The van der Waals surface area contributed by atoms with E-state index in [1.54, 1.807) is 0 Å². The fourth-order valence-electron chi connectivity index (χ4n) is 1.52. The molecule has 54 valence electrons. The van der Waals surface area contributed by atoms with Crippen molar-refractivity contribution in [1.82, 2.24) is 4.90 Å². The van der Waals surface area contributed by atoms with E-state index in [1.165, 1.54) is 6.54 Å². The summed E-state index contributed by atoms with van der Waals surface area (Å²) in [4.78, 5) is 2.53. The van der Waals surface area contributed by atoms with E-state index in [-0.39, 0.29) is 0 Å². The molecule has 1 aliphatic rings. The van der Waals surface area contributed by atoms with Crippen molar-refractivity contribution in [2.75, 3.05) is 6.54 Å². The van der Waals surface area contributed by atoms with E-state index in [2.05, 4.69) is 32.6 Å². The Morgan fingerprint density at radius 2 is 1.89 bits per heavy atom. The van der Waals surface area contributed by atoms with Gasteiger partial charge in [-0.05, 0) is 26.7 Å². The lowest BCUT2D eigenvalue weighted by molar-refractivity contribution is 0.00993. The molecule has 2 unspecified atom stereocenters. The topological polar surface area (TPSA) is 3.24 Å². The molecular formula is C8H17N. The van der Waals surface area contributed by atoms with E-state index in [9.17, 15) is 0 Å². The van der Waals surface area contributed by atoms with E-state index >= 15 is 0 Å². The summed E-state index contributed by atoms with van der Waals surface area (Å²) in [5.74, 6) is 0.924. The van der Waals surface area contributed by atoms with Gasteiger partial charge in [-0.3, -0.25) is 4.90 Å². The van der Waals surface area contributed by atoms with Gasteiger partial charge in [-0.1, -0.05) is 6.92 Å². The summed E-state index contributed by atoms with van der Waals surface area (Å²) in [6, 6.07) is 1.57. The Balaban J connectivity index is 2.33. The van der Waals surface area contributed by atoms with E-state index < -0.39 is 0 Å². The van der Waals surface area contributed by atoms with Crippen LogP contribution in [0.5, 0.6) is 0 Å². The molecule has 1 rings (SSSR count). The van der Waals surface area contributed by atoms with Crippen LogP contribution < -0.4 is 0 Å². The predicted octanol–water partition coefficient (Wildman–Crippen LogP) is 1.74. The van der Waals surface area contributed by atoms with Crippen LogP contribution in [-0.2, 0) is 0 Å². The van der Waals surface area contributed by atoms with Crippen molar-refractivity contribution in [3.63, 3.8) is 0 Å². The Labute approximate surface area is 58.0 Å². The number of rotatable bonds is 1. The summed E-state index contributed by atoms with van der Waals surface area (Å²) < 4.78 is 0. The Morgan fingerprint density at radius 3 is 2.00 bits per heavy atom. The molecule has 1 aliphatic heterocycles. The predicted molar refractivity (Wildman–Crippen MR) is 40.5 cm³/mol. The fraction of sp³-hybridized carbons (Fsp3) is 1.00. The van der Waals surface area contributed by atoms with Gasteiger partial charge < -0.3 is 0 Å². The molecule has 0 aromatic rings. The smallest absolute Gasteiger partial charge is 0.0108 e. The highest BCUT2D eigenvalue weighted by atomic mass is 15.2. The van der Waals surface area contributed by atoms with Crippen LogP contribution in [0, 0.1) is 5.92 Å². The van der Waals surface area contributed by atoms with Crippen molar-refractivity contribution in [2.45, 2.75) is 39.8 Å². The quantitative estimate of drug-likeness (QED) is 0.518. The first kappa shape index (κ1) is 7.07. The molecular weight excluding hydrogens is 110 g/mol. The minimum absolute atomic E-state index is 0.746. The highest BCUT2D eigenvalue weighted by Gasteiger charge is 2.32. The van der Waals surface area contributed by atoms with Crippen molar-refractivity contribution in [1.29, 1.82) is 0 Å². The standard InChI is InChI=1S/C8H17N/c1-6(2)9-5-7(3)8(9)4/h6-8H,5H2,1-4H3. The third kappa shape index (κ3) is 1.11. The molecule has 1 fully saturated rings. The molecule has 0 aromatic carbocycles. The van der Waals surface area contributed by atoms with Crippen LogP contribution in [-0.4, -0.2) is 23.5 Å². The Bertz CT molecular complexity index is 98.7. The maximum absolute atomic E-state index is 2.53. The number of hydrogen-bond donors (Lipinski definition) is 0. The van der Waals surface area contributed by atoms with Gasteiger partial charge in [-0.15, -0.1) is 0 Å². The second kappa shape index (κ2) is 2.30. The molecule has 1 nitrogen and oxygen atoms in total. The maximum atomic E-state index is 2.53. The molecule has 2 atom stereocenters. The number of likely N-dealkylation sites (tertiary alicyclic amines) is 1. The van der Waals surface area contributed by atoms with Gasteiger partial charge >= 0.3 is 0 Å². The van der Waals surface area contributed by atoms with Gasteiger partial charge in [0.25, 0.3) is 0 Å². The lowest BCUT2D eigenvalue weighted by Crippen LogP contribution is -2.56. The highest BCUT2D eigenvalue weighted by molar-refractivity contribution is 4.87. The Morgan fingerprint density at radius 1 is 1.33 bits per heavy atom. The molecule has 0 spiro atoms. The summed E-state index contributed by atoms with van der Waals surface area (Å²) in [5.41, 5.74) is 0. The second-order valence-electron chi connectivity index (χ2n) is 3.51. The van der Waals surface area contributed by atoms with E-state index in [1.807, 2.05) is 0 Å². The average Bonchev–Trinajstić information content (AvgIpc) is 1.81. The van der Waals surface area contributed by atoms with Gasteiger partial charge in [0.1, 0.15) is 0 Å². The first-order valence-electron chi connectivity index (χ1n) is 3.88. The van der Waals surface area contributed by atoms with Gasteiger partial charge in [0.05, 0.1) is 0 Å². The normalized spacial score (nSPS) is 37.0. The third-order valence-electron chi connectivity index (χ3n) is 2.51. The van der Waals surface area contributed by atoms with Crippen molar-refractivity contribution in [3.8, 4) is 0 Å². The average molecular weight is 127 g/mol. The molecule has 0 bridgehead atoms. The van der Waals surface area contributed by atoms with Gasteiger partial charge in [0, 0.05) is 18.6 Å². The van der Waals surface area contributed by atoms with Gasteiger partial charge in [-0.2, -0.15) is 0 Å². The second-order valence-corrected chi connectivity index (χ2v) is 3.51. The minimum Gasteiger partial charge on any atom is -0.298 e. The van der Waals surface area contributed by atoms with Crippen LogP contribution in [0.1, 0.15) is 27.7 Å². The number of nitrogens with zero attached hydrogens (tertiary/aromatic N) is 1. The van der Waals surface area contributed by atoms with Crippen molar-refractivity contribution in [3.05, 3.63) is 0 Å². The molecule has 0 aromatic heterocycles. The third-order valence-corrected chi connectivity index (χ3v) is 2.51. The molecule has 0 radical (unpaired) electrons. The van der Waals surface area contributed by atoms with Crippen LogP contribution in [0.4, 0.5) is 0 Å². The van der Waals surface area contributed by atoms with E-state index in [0.29, 0.717) is 0 Å². The maximum Gasteiger partial charge on any atom is 0.0108 e. The summed E-state index contributed by atoms with van der Waals surface area (Å²) in [5, 5.41) is 0. The zero-order valence-corrected chi connectivity index (χ0v) is 6.89. The highest BCUT2D eigenvalue weighted by Crippen LogP contribution is 2.25. The fourth-order valence-corrected chi connectivity index (χ4v) is 1.52. The zero-order chi connectivity index (χ0) is 7.02. The Hall–Kier alpha value is -0.0400. The molecule has 9 heavy (non-hydrogen) atoms. The van der Waals surface area contributed by atoms with Gasteiger partial charge in [-0.25, -0.2) is 0 Å². The van der Waals surface area contributed by atoms with E-state index in [0.717, 1.165) is 18.0 Å². The lowest BCUT2D eigenvalue weighted by Gasteiger charge is -2.47. The monoisotopic (exact) mass is 127 g/mol. The molecule has 0 amide bonds. The summed E-state index contributed by atoms with van der Waals surface area (Å²) in [6.07, 6.45) is 0. The molecule has 1 heteroatoms. The number of hydrogen-bond acceptors (Lipinski definition) is 1. The molecule has 0 N–H and O–H groups in total. The first-order valence-corrected chi connectivity index (χ1v) is 3.88. The zero-order valence-electron chi connectivity index (χ0n) is 6.89. The largest absolute Gasteiger partial charge is 0.298 e. The summed E-state index contributed by atoms with van der Waals surface area (Å²) >= 11 is 0. The SMILES string of the molecule is CC1CN(C(C)C)C1C. The van der Waals surface area contributed by atoms with Gasteiger partial charge in [0.15, 0.2) is 0 Å². The first-order chi connectivity index (χ1) is 4.13. The van der Waals surface area contributed by atoms with Crippen LogP contribution in [0.2, 0.25) is 0 Å². The van der Waals surface area contributed by atoms with Crippen molar-refractivity contribution >= 4 is 0 Å². The van der Waals surface area contributed by atoms with E-state index in [4.69, 9.17) is 0 Å². The summed E-state index contributed by atoms with van der Waals surface area (Å²) in [7, 11) is 0. The lowest BCUT2D eigenvalue weighted by atomic mass is 9.90. The van der Waals surface area contributed by atoms with Crippen LogP contribution in [0.15, 0.2) is 0 Å².